The molecule has 0 radical (unpaired) electrons. The van der Waals surface area contributed by atoms with Gasteiger partial charge in [-0.25, -0.2) is 0 Å². The van der Waals surface area contributed by atoms with Crippen LogP contribution >= 0.6 is 75.8 Å². The third-order valence-electron chi connectivity index (χ3n) is 1.75. The molecule has 6 heteroatoms. The van der Waals surface area contributed by atoms with Crippen LogP contribution in [0.4, 0.5) is 0 Å². The Morgan fingerprint density at radius 3 is 1.26 bits per heavy atom. The molecule has 1 aromatic carbocycles. The average Bonchev–Trinajstić information content (AvgIpc) is 2.40. The van der Waals surface area contributed by atoms with Gasteiger partial charge in [0.25, 0.3) is 0 Å². The van der Waals surface area contributed by atoms with E-state index in [0.29, 0.717) is 0 Å². The lowest BCUT2D eigenvalue weighted by atomic mass is 10.3. The Hall–Kier alpha value is 1.32. The number of hydrogen-bond donors (Lipinski definition) is 6. The summed E-state index contributed by atoms with van der Waals surface area (Å²) in [7, 11) is 0. The van der Waals surface area contributed by atoms with Crippen LogP contribution in [0.25, 0.3) is 0 Å². The molecule has 0 bridgehead atoms. The van der Waals surface area contributed by atoms with Crippen molar-refractivity contribution in [2.24, 2.45) is 0 Å². The van der Waals surface area contributed by atoms with Crippen LogP contribution in [0.15, 0.2) is 34.1 Å². The highest BCUT2D eigenvalue weighted by molar-refractivity contribution is 7.84. The number of hydrogen-bond acceptors (Lipinski definition) is 6. The lowest BCUT2D eigenvalue weighted by Crippen LogP contribution is -1.77. The van der Waals surface area contributed by atoms with Crippen LogP contribution in [0, 0.1) is 0 Å². The zero-order valence-electron chi connectivity index (χ0n) is 10.9. The fourth-order valence-electron chi connectivity index (χ4n) is 0.893. The van der Waals surface area contributed by atoms with Gasteiger partial charge in [0.1, 0.15) is 0 Å². The van der Waals surface area contributed by atoms with E-state index < -0.39 is 0 Å². The van der Waals surface area contributed by atoms with E-state index in [0.717, 1.165) is 32.8 Å². The van der Waals surface area contributed by atoms with Gasteiger partial charge in [-0.2, -0.15) is 50.5 Å². The summed E-state index contributed by atoms with van der Waals surface area (Å²) in [6, 6.07) is 7.66. The second kappa shape index (κ2) is 19.3. The Bertz CT molecular complexity index is 256. The van der Waals surface area contributed by atoms with E-state index in [9.17, 15) is 0 Å². The van der Waals surface area contributed by atoms with Crippen molar-refractivity contribution in [1.29, 1.82) is 0 Å². The van der Waals surface area contributed by atoms with Gasteiger partial charge in [0.15, 0.2) is 0 Å². The highest BCUT2D eigenvalue weighted by Crippen LogP contribution is 2.10. The molecule has 0 spiro atoms. The number of rotatable bonds is 5. The Morgan fingerprint density at radius 1 is 0.632 bits per heavy atom. The van der Waals surface area contributed by atoms with E-state index in [1.54, 1.807) is 0 Å². The molecule has 0 saturated carbocycles. The predicted octanol–water partition coefficient (Wildman–Crippen LogP) is 5.13. The standard InChI is InChI=1S/C6H6S2.C5H12S2.C2H6S2/c7-5-2-1-3-6(8)4-5;6-4-2-1-3-5-7;3-1-2-4/h1-4,7-8H;6-7H,1-5H2;3-4H,1-2H2. The molecule has 0 unspecified atom stereocenters. The molecule has 112 valence electrons. The van der Waals surface area contributed by atoms with Crippen LogP contribution in [0.5, 0.6) is 0 Å². The van der Waals surface area contributed by atoms with Gasteiger partial charge in [-0.15, -0.1) is 25.3 Å². The van der Waals surface area contributed by atoms with Gasteiger partial charge >= 0.3 is 0 Å². The van der Waals surface area contributed by atoms with E-state index in [-0.39, 0.29) is 0 Å². The molecular formula is C13H24S6. The molecule has 0 aliphatic rings. The van der Waals surface area contributed by atoms with Crippen LogP contribution in [-0.2, 0) is 0 Å². The van der Waals surface area contributed by atoms with Crippen molar-refractivity contribution in [3.05, 3.63) is 24.3 Å². The van der Waals surface area contributed by atoms with E-state index in [1.807, 2.05) is 24.3 Å². The van der Waals surface area contributed by atoms with Crippen molar-refractivity contribution in [3.63, 3.8) is 0 Å². The number of benzene rings is 1. The van der Waals surface area contributed by atoms with Gasteiger partial charge < -0.3 is 0 Å². The summed E-state index contributed by atoms with van der Waals surface area (Å²) >= 11 is 24.0. The molecule has 0 saturated heterocycles. The molecule has 0 N–H and O–H groups in total. The first-order valence-corrected chi connectivity index (χ1v) is 9.46. The molecule has 0 amide bonds. The second-order valence-electron chi connectivity index (χ2n) is 3.47. The van der Waals surface area contributed by atoms with Crippen molar-refractivity contribution in [2.75, 3.05) is 23.0 Å². The molecule has 0 heterocycles. The Morgan fingerprint density at radius 2 is 1.05 bits per heavy atom. The van der Waals surface area contributed by atoms with Crippen molar-refractivity contribution in [1.82, 2.24) is 0 Å². The highest BCUT2D eigenvalue weighted by Gasteiger charge is 1.82. The Balaban J connectivity index is 0. The Kier molecular flexibility index (Phi) is 23.0. The summed E-state index contributed by atoms with van der Waals surface area (Å²) in [4.78, 5) is 1.91. The molecule has 0 fully saturated rings. The summed E-state index contributed by atoms with van der Waals surface area (Å²) in [5.41, 5.74) is 0. The average molecular weight is 373 g/mol. The SMILES string of the molecule is SCCCCCS.SCCS.Sc1cccc(S)c1. The molecular weight excluding hydrogens is 349 g/mol. The predicted molar refractivity (Wildman–Crippen MR) is 110 cm³/mol. The van der Waals surface area contributed by atoms with Gasteiger partial charge in [0, 0.05) is 9.79 Å². The normalized spacial score (nSPS) is 8.95. The maximum atomic E-state index is 4.11. The van der Waals surface area contributed by atoms with Gasteiger partial charge in [-0.05, 0) is 54.1 Å². The third-order valence-corrected chi connectivity index (χ3v) is 3.73. The van der Waals surface area contributed by atoms with E-state index in [1.165, 1.54) is 19.3 Å². The third kappa shape index (κ3) is 21.8. The summed E-state index contributed by atoms with van der Waals surface area (Å²) in [6.07, 6.45) is 3.76. The fourth-order valence-corrected chi connectivity index (χ4v) is 1.89. The summed E-state index contributed by atoms with van der Waals surface area (Å²) in [6.45, 7) is 0. The van der Waals surface area contributed by atoms with E-state index in [4.69, 9.17) is 0 Å². The van der Waals surface area contributed by atoms with Crippen LogP contribution in [0.2, 0.25) is 0 Å². The summed E-state index contributed by atoms with van der Waals surface area (Å²) < 4.78 is 0. The maximum Gasteiger partial charge on any atom is 0.00510 e. The first-order chi connectivity index (χ1) is 9.12. The van der Waals surface area contributed by atoms with Crippen LogP contribution in [-0.4, -0.2) is 23.0 Å². The first-order valence-electron chi connectivity index (χ1n) is 6.03. The molecule has 0 aliphatic carbocycles. The van der Waals surface area contributed by atoms with Gasteiger partial charge in [-0.1, -0.05) is 12.5 Å². The quantitative estimate of drug-likeness (QED) is 0.300. The lowest BCUT2D eigenvalue weighted by molar-refractivity contribution is 0.788. The molecule has 0 aromatic heterocycles. The number of unbranched alkanes of at least 4 members (excludes halogenated alkanes) is 2. The smallest absolute Gasteiger partial charge is 0.00510 e. The van der Waals surface area contributed by atoms with Crippen LogP contribution < -0.4 is 0 Å². The second-order valence-corrected chi connectivity index (χ2v) is 6.30. The van der Waals surface area contributed by atoms with Gasteiger partial charge in [0.2, 0.25) is 0 Å². The van der Waals surface area contributed by atoms with Crippen molar-refractivity contribution >= 4 is 75.8 Å². The zero-order valence-corrected chi connectivity index (χ0v) is 16.3. The molecule has 19 heavy (non-hydrogen) atoms. The van der Waals surface area contributed by atoms with Gasteiger partial charge in [0.05, 0.1) is 0 Å². The van der Waals surface area contributed by atoms with Crippen LogP contribution in [0.1, 0.15) is 19.3 Å². The van der Waals surface area contributed by atoms with Crippen molar-refractivity contribution in [2.45, 2.75) is 29.1 Å². The molecule has 1 aromatic rings. The molecule has 0 atom stereocenters. The molecule has 0 nitrogen and oxygen atoms in total. The summed E-state index contributed by atoms with van der Waals surface area (Å²) in [5, 5.41) is 0. The first kappa shape index (κ1) is 22.6. The van der Waals surface area contributed by atoms with Gasteiger partial charge in [-0.3, -0.25) is 0 Å². The van der Waals surface area contributed by atoms with E-state index >= 15 is 0 Å². The fraction of sp³-hybridized carbons (Fsp3) is 0.538. The maximum absolute atomic E-state index is 4.11. The molecule has 1 rings (SSSR count). The minimum atomic E-state index is 0.878. The minimum absolute atomic E-state index is 0.878. The van der Waals surface area contributed by atoms with Crippen molar-refractivity contribution in [3.8, 4) is 0 Å². The lowest BCUT2D eigenvalue weighted by Gasteiger charge is -1.90. The topological polar surface area (TPSA) is 0 Å². The monoisotopic (exact) mass is 372 g/mol. The summed E-state index contributed by atoms with van der Waals surface area (Å²) in [5.74, 6) is 3.80. The Labute approximate surface area is 151 Å². The zero-order chi connectivity index (χ0) is 14.9. The molecule has 0 aliphatic heterocycles. The van der Waals surface area contributed by atoms with E-state index in [2.05, 4.69) is 75.8 Å². The minimum Gasteiger partial charge on any atom is -0.179 e. The number of thiol groups is 6. The highest BCUT2D eigenvalue weighted by atomic mass is 32.1. The van der Waals surface area contributed by atoms with Crippen molar-refractivity contribution < 1.29 is 0 Å². The largest absolute Gasteiger partial charge is 0.179 e. The van der Waals surface area contributed by atoms with Crippen LogP contribution in [0.3, 0.4) is 0 Å².